The Labute approximate surface area is 153 Å². The van der Waals surface area contributed by atoms with Crippen molar-refractivity contribution in [2.75, 3.05) is 0 Å². The SMILES string of the molecule is C=C/C(Cl)=C\C(=C/C)C(C)=Nc1cc(F)c(F)cc1C(=C)CC1CC1. The lowest BCUT2D eigenvalue weighted by molar-refractivity contribution is 0.508. The predicted octanol–water partition coefficient (Wildman–Crippen LogP) is 7.13. The van der Waals surface area contributed by atoms with Crippen molar-refractivity contribution in [3.05, 3.63) is 71.3 Å². The minimum atomic E-state index is -0.920. The van der Waals surface area contributed by atoms with Crippen LogP contribution in [0.15, 0.2) is 59.1 Å². The lowest BCUT2D eigenvalue weighted by Crippen LogP contribution is -1.97. The van der Waals surface area contributed by atoms with E-state index in [0.717, 1.165) is 36.5 Å². The third-order valence-corrected chi connectivity index (χ3v) is 4.42. The molecule has 0 atom stereocenters. The minimum absolute atomic E-state index is 0.379. The van der Waals surface area contributed by atoms with Crippen molar-refractivity contribution in [1.29, 1.82) is 0 Å². The first-order valence-corrected chi connectivity index (χ1v) is 8.62. The van der Waals surface area contributed by atoms with E-state index in [0.29, 0.717) is 27.9 Å². The van der Waals surface area contributed by atoms with Crippen LogP contribution in [-0.4, -0.2) is 5.71 Å². The zero-order valence-electron chi connectivity index (χ0n) is 14.6. The van der Waals surface area contributed by atoms with Crippen LogP contribution in [0, 0.1) is 17.6 Å². The summed E-state index contributed by atoms with van der Waals surface area (Å²) in [5, 5.41) is 0.478. The Kier molecular flexibility index (Phi) is 6.49. The fourth-order valence-corrected chi connectivity index (χ4v) is 2.66. The molecule has 1 aromatic carbocycles. The molecule has 2 rings (SSSR count). The smallest absolute Gasteiger partial charge is 0.161 e. The third-order valence-electron chi connectivity index (χ3n) is 4.16. The van der Waals surface area contributed by atoms with E-state index < -0.39 is 11.6 Å². The zero-order valence-corrected chi connectivity index (χ0v) is 15.3. The van der Waals surface area contributed by atoms with Crippen LogP contribution in [0.25, 0.3) is 5.57 Å². The van der Waals surface area contributed by atoms with Gasteiger partial charge in [0.05, 0.1) is 5.69 Å². The molecule has 0 spiro atoms. The number of benzene rings is 1. The fraction of sp³-hybridized carbons (Fsp3) is 0.286. The van der Waals surface area contributed by atoms with E-state index in [1.54, 1.807) is 13.0 Å². The van der Waals surface area contributed by atoms with Crippen molar-refractivity contribution in [3.8, 4) is 0 Å². The molecule has 0 radical (unpaired) electrons. The van der Waals surface area contributed by atoms with Crippen LogP contribution < -0.4 is 0 Å². The number of allylic oxidation sites excluding steroid dienone is 6. The van der Waals surface area contributed by atoms with Gasteiger partial charge in [0.15, 0.2) is 11.6 Å². The highest BCUT2D eigenvalue weighted by Gasteiger charge is 2.24. The molecule has 1 aromatic rings. The standard InChI is InChI=1S/C21H22ClF2N/c1-5-16(10-17(22)6-2)14(4)25-21-12-20(24)19(23)11-18(21)13(3)9-15-7-8-15/h5-6,10-12,15H,2-3,7-9H2,1,4H3/b16-5+,17-10+,25-14?. The minimum Gasteiger partial charge on any atom is -0.252 e. The summed E-state index contributed by atoms with van der Waals surface area (Å²) in [6.45, 7) is 11.3. The van der Waals surface area contributed by atoms with E-state index in [1.165, 1.54) is 12.1 Å². The molecule has 0 aromatic heterocycles. The van der Waals surface area contributed by atoms with E-state index in [1.807, 2.05) is 13.0 Å². The summed E-state index contributed by atoms with van der Waals surface area (Å²) >= 11 is 6.00. The first-order valence-electron chi connectivity index (χ1n) is 8.24. The van der Waals surface area contributed by atoms with E-state index >= 15 is 0 Å². The quantitative estimate of drug-likeness (QED) is 0.362. The number of nitrogens with zero attached hydrogens (tertiary/aromatic N) is 1. The average molecular weight is 362 g/mol. The van der Waals surface area contributed by atoms with Gasteiger partial charge in [-0.3, -0.25) is 4.99 Å². The van der Waals surface area contributed by atoms with Gasteiger partial charge in [-0.1, -0.05) is 36.9 Å². The van der Waals surface area contributed by atoms with Gasteiger partial charge < -0.3 is 0 Å². The second kappa shape index (κ2) is 8.39. The van der Waals surface area contributed by atoms with E-state index in [9.17, 15) is 8.78 Å². The molecule has 0 saturated heterocycles. The van der Waals surface area contributed by atoms with Crippen LogP contribution in [0.1, 0.15) is 38.7 Å². The van der Waals surface area contributed by atoms with Gasteiger partial charge in [-0.2, -0.15) is 0 Å². The second-order valence-corrected chi connectivity index (χ2v) is 6.65. The highest BCUT2D eigenvalue weighted by atomic mass is 35.5. The lowest BCUT2D eigenvalue weighted by Gasteiger charge is -2.11. The molecule has 0 N–H and O–H groups in total. The zero-order chi connectivity index (χ0) is 18.6. The molecule has 1 fully saturated rings. The van der Waals surface area contributed by atoms with Gasteiger partial charge in [-0.25, -0.2) is 8.78 Å². The number of rotatable bonds is 7. The first kappa shape index (κ1) is 19.3. The summed E-state index contributed by atoms with van der Waals surface area (Å²) in [5.41, 5.74) is 3.15. The normalized spacial score (nSPS) is 16.1. The highest BCUT2D eigenvalue weighted by molar-refractivity contribution is 6.31. The molecular weight excluding hydrogens is 340 g/mol. The molecule has 0 unspecified atom stereocenters. The Balaban J connectivity index is 2.43. The summed E-state index contributed by atoms with van der Waals surface area (Å²) < 4.78 is 27.5. The number of hydrogen-bond acceptors (Lipinski definition) is 1. The Bertz CT molecular complexity index is 783. The van der Waals surface area contributed by atoms with Crippen molar-refractivity contribution in [2.24, 2.45) is 10.9 Å². The maximum atomic E-state index is 13.8. The molecule has 0 amide bonds. The van der Waals surface area contributed by atoms with Crippen LogP contribution in [0.4, 0.5) is 14.5 Å². The summed E-state index contributed by atoms with van der Waals surface area (Å²) in [5.74, 6) is -1.21. The monoisotopic (exact) mass is 361 g/mol. The number of hydrogen-bond donors (Lipinski definition) is 0. The van der Waals surface area contributed by atoms with Crippen LogP contribution >= 0.6 is 11.6 Å². The summed E-state index contributed by atoms with van der Waals surface area (Å²) in [4.78, 5) is 4.51. The Morgan fingerprint density at radius 1 is 1.32 bits per heavy atom. The Morgan fingerprint density at radius 2 is 1.96 bits per heavy atom. The first-order chi connectivity index (χ1) is 11.8. The Morgan fingerprint density at radius 3 is 2.52 bits per heavy atom. The van der Waals surface area contributed by atoms with Crippen LogP contribution in [0.3, 0.4) is 0 Å². The van der Waals surface area contributed by atoms with E-state index in [-0.39, 0.29) is 0 Å². The van der Waals surface area contributed by atoms with Crippen molar-refractivity contribution < 1.29 is 8.78 Å². The molecule has 0 bridgehead atoms. The molecule has 0 aliphatic heterocycles. The third kappa shape index (κ3) is 5.23. The molecule has 4 heteroatoms. The summed E-state index contributed by atoms with van der Waals surface area (Å²) in [6.07, 6.45) is 8.21. The van der Waals surface area contributed by atoms with E-state index in [4.69, 9.17) is 11.6 Å². The summed E-state index contributed by atoms with van der Waals surface area (Å²) in [6, 6.07) is 2.31. The molecule has 132 valence electrons. The molecule has 1 saturated carbocycles. The van der Waals surface area contributed by atoms with Crippen molar-refractivity contribution >= 4 is 28.6 Å². The predicted molar refractivity (Wildman–Crippen MR) is 103 cm³/mol. The largest absolute Gasteiger partial charge is 0.252 e. The van der Waals surface area contributed by atoms with Gasteiger partial charge in [-0.05, 0) is 62.3 Å². The summed E-state index contributed by atoms with van der Waals surface area (Å²) in [7, 11) is 0. The molecule has 25 heavy (non-hydrogen) atoms. The topological polar surface area (TPSA) is 12.4 Å². The van der Waals surface area contributed by atoms with Crippen molar-refractivity contribution in [1.82, 2.24) is 0 Å². The average Bonchev–Trinajstić information content (AvgIpc) is 3.39. The molecule has 0 heterocycles. The molecule has 1 aliphatic rings. The van der Waals surface area contributed by atoms with Crippen molar-refractivity contribution in [3.63, 3.8) is 0 Å². The van der Waals surface area contributed by atoms with Gasteiger partial charge in [0.1, 0.15) is 0 Å². The van der Waals surface area contributed by atoms with Crippen LogP contribution in [0.5, 0.6) is 0 Å². The van der Waals surface area contributed by atoms with Gasteiger partial charge in [0.25, 0.3) is 0 Å². The Hall–Kier alpha value is -2.00. The number of aliphatic imine (C=N–C) groups is 1. The van der Waals surface area contributed by atoms with Gasteiger partial charge >= 0.3 is 0 Å². The highest BCUT2D eigenvalue weighted by Crippen LogP contribution is 2.40. The fourth-order valence-electron chi connectivity index (χ4n) is 2.54. The van der Waals surface area contributed by atoms with Gasteiger partial charge in [0.2, 0.25) is 0 Å². The maximum absolute atomic E-state index is 13.8. The lowest BCUT2D eigenvalue weighted by atomic mass is 9.99. The second-order valence-electron chi connectivity index (χ2n) is 6.21. The van der Waals surface area contributed by atoms with Crippen LogP contribution in [-0.2, 0) is 0 Å². The molecule has 1 nitrogen and oxygen atoms in total. The van der Waals surface area contributed by atoms with Crippen molar-refractivity contribution in [2.45, 2.75) is 33.1 Å². The molecule has 1 aliphatic carbocycles. The molecular formula is C21H22ClF2N. The van der Waals surface area contributed by atoms with Crippen LogP contribution in [0.2, 0.25) is 0 Å². The van der Waals surface area contributed by atoms with Gasteiger partial charge in [-0.15, -0.1) is 0 Å². The maximum Gasteiger partial charge on any atom is 0.161 e. The van der Waals surface area contributed by atoms with Gasteiger partial charge in [0, 0.05) is 22.4 Å². The van der Waals surface area contributed by atoms with E-state index in [2.05, 4.69) is 18.2 Å². The number of halogens is 3.